The highest BCUT2D eigenvalue weighted by Gasteiger charge is 2.69. The monoisotopic (exact) mass is 699 g/mol. The quantitative estimate of drug-likeness (QED) is 0.183. The Morgan fingerprint density at radius 2 is 1.63 bits per heavy atom. The van der Waals surface area contributed by atoms with E-state index >= 15 is 0 Å². The van der Waals surface area contributed by atoms with Crippen LogP contribution in [-0.2, 0) is 19.1 Å². The smallest absolute Gasteiger partial charge is 0.338 e. The van der Waals surface area contributed by atoms with E-state index in [1.807, 2.05) is 12.1 Å². The van der Waals surface area contributed by atoms with Gasteiger partial charge in [0.2, 0.25) is 11.8 Å². The van der Waals surface area contributed by atoms with Crippen molar-refractivity contribution in [3.05, 3.63) is 104 Å². The molecule has 4 unspecified atom stereocenters. The number of rotatable bonds is 8. The molecule has 4 aromatic rings. The van der Waals surface area contributed by atoms with Gasteiger partial charge >= 0.3 is 10.8 Å². The van der Waals surface area contributed by atoms with Crippen LogP contribution in [-0.4, -0.2) is 47.1 Å². The van der Waals surface area contributed by atoms with Crippen molar-refractivity contribution in [1.29, 1.82) is 0 Å². The summed E-state index contributed by atoms with van der Waals surface area (Å²) in [5, 5.41) is 3.51. The third-order valence-corrected chi connectivity index (χ3v) is 12.7. The van der Waals surface area contributed by atoms with Gasteiger partial charge in [0.05, 0.1) is 34.7 Å². The van der Waals surface area contributed by atoms with Crippen LogP contribution < -0.4 is 19.8 Å². The third kappa shape index (κ3) is 5.35. The molecule has 3 amide bonds. The van der Waals surface area contributed by atoms with Gasteiger partial charge in [-0.3, -0.25) is 24.1 Å². The van der Waals surface area contributed by atoms with Gasteiger partial charge in [0.1, 0.15) is 11.6 Å². The minimum atomic E-state index is -0.467. The molecule has 1 saturated heterocycles. The van der Waals surface area contributed by atoms with Crippen LogP contribution in [0.1, 0.15) is 40.1 Å². The van der Waals surface area contributed by atoms with Crippen molar-refractivity contribution in [2.75, 3.05) is 23.4 Å². The Morgan fingerprint density at radius 3 is 2.33 bits per heavy atom. The first-order valence-corrected chi connectivity index (χ1v) is 17.7. The van der Waals surface area contributed by atoms with Crippen LogP contribution >= 0.6 is 23.1 Å². The minimum Gasteiger partial charge on any atom is -0.484 e. The molecule has 2 N–H and O–H groups in total. The van der Waals surface area contributed by atoms with Gasteiger partial charge in [-0.25, -0.2) is 9.18 Å². The van der Waals surface area contributed by atoms with E-state index in [1.54, 1.807) is 55.1 Å². The summed E-state index contributed by atoms with van der Waals surface area (Å²) in [6.07, 6.45) is 0.755. The highest BCUT2D eigenvalue weighted by molar-refractivity contribution is 8.00. The van der Waals surface area contributed by atoms with E-state index < -0.39 is 23.6 Å². The summed E-state index contributed by atoms with van der Waals surface area (Å²) in [7, 11) is 0. The zero-order valence-corrected chi connectivity index (χ0v) is 27.7. The number of esters is 1. The standard InChI is InChI=1S/C36H30FN3O7S2/c1-2-46-35(44)18-3-11-21(12-4-18)40-33(42)28-23-15-24(29(28)34(40)43)30-27(23)26(31-32(48-30)39-36(45)49-31)17-5-13-22(14-6-17)47-16-25(41)38-20-9-7-19(37)8-10-20/h3-14,23-24,26-30H,2,15-16H2,1H3,(H,38,41)(H,39,45)/t23-,24-,26-,27?,28?,29?,30?/m1/s1. The summed E-state index contributed by atoms with van der Waals surface area (Å²) in [5.41, 5.74) is 2.21. The van der Waals surface area contributed by atoms with Crippen molar-refractivity contribution in [3.8, 4) is 5.75 Å². The Labute approximate surface area is 288 Å². The molecule has 1 aromatic heterocycles. The average molecular weight is 700 g/mol. The van der Waals surface area contributed by atoms with Gasteiger partial charge in [-0.1, -0.05) is 23.5 Å². The first-order valence-electron chi connectivity index (χ1n) is 16.0. The van der Waals surface area contributed by atoms with Crippen LogP contribution in [0.4, 0.5) is 15.8 Å². The van der Waals surface area contributed by atoms with Gasteiger partial charge in [0.15, 0.2) is 6.61 Å². The highest BCUT2D eigenvalue weighted by Crippen LogP contribution is 2.68. The number of nitrogens with one attached hydrogen (secondary N) is 2. The zero-order chi connectivity index (χ0) is 34.0. The number of thiazole rings is 1. The van der Waals surface area contributed by atoms with Gasteiger partial charge in [0.25, 0.3) is 5.91 Å². The van der Waals surface area contributed by atoms with Crippen molar-refractivity contribution in [2.45, 2.75) is 29.5 Å². The van der Waals surface area contributed by atoms with Crippen molar-refractivity contribution in [1.82, 2.24) is 4.98 Å². The van der Waals surface area contributed by atoms with Gasteiger partial charge in [-0.05, 0) is 97.3 Å². The number of aromatic amines is 1. The molecule has 3 heterocycles. The molecule has 3 fully saturated rings. The lowest BCUT2D eigenvalue weighted by Gasteiger charge is -2.43. The fourth-order valence-electron chi connectivity index (χ4n) is 8.26. The molecule has 3 aromatic carbocycles. The summed E-state index contributed by atoms with van der Waals surface area (Å²) in [4.78, 5) is 70.3. The van der Waals surface area contributed by atoms with E-state index in [-0.39, 0.29) is 64.7 Å². The predicted molar refractivity (Wildman–Crippen MR) is 180 cm³/mol. The number of H-pyrrole nitrogens is 1. The van der Waals surface area contributed by atoms with Gasteiger partial charge in [-0.2, -0.15) is 0 Å². The first kappa shape index (κ1) is 31.5. The number of hydrogen-bond donors (Lipinski definition) is 2. The molecule has 0 radical (unpaired) electrons. The molecular weight excluding hydrogens is 670 g/mol. The minimum absolute atomic E-state index is 0.0198. The van der Waals surface area contributed by atoms with Crippen LogP contribution in [0.5, 0.6) is 5.75 Å². The lowest BCUT2D eigenvalue weighted by Crippen LogP contribution is -2.42. The Morgan fingerprint density at radius 1 is 0.939 bits per heavy atom. The molecule has 10 nitrogen and oxygen atoms in total. The summed E-state index contributed by atoms with van der Waals surface area (Å²) in [5.74, 6) is -2.35. The van der Waals surface area contributed by atoms with Crippen LogP contribution in [0.2, 0.25) is 0 Å². The zero-order valence-electron chi connectivity index (χ0n) is 26.1. The molecule has 0 spiro atoms. The SMILES string of the molecule is CCOC(=O)c1ccc(N2C(=O)C3C(C2=O)[C@@H]2C[C@H]3C3Sc4[nH]c(=O)sc4[C@H](c4ccc(OCC(=O)Nc5ccc(F)cc5)cc4)C32)cc1. The second kappa shape index (κ2) is 12.3. The molecule has 2 saturated carbocycles. The molecule has 13 heteroatoms. The maximum absolute atomic E-state index is 14.1. The van der Waals surface area contributed by atoms with Crippen LogP contribution in [0.3, 0.4) is 0 Å². The number of aromatic nitrogens is 1. The number of anilines is 2. The number of amides is 3. The number of carbonyl (C=O) groups excluding carboxylic acids is 4. The summed E-state index contributed by atoms with van der Waals surface area (Å²) in [6, 6.07) is 19.3. The maximum atomic E-state index is 14.1. The number of fused-ring (bicyclic) bond motifs is 9. The normalized spacial score (nSPS) is 26.2. The van der Waals surface area contributed by atoms with Crippen molar-refractivity contribution in [2.24, 2.45) is 29.6 Å². The number of ether oxygens (including phenoxy) is 2. The van der Waals surface area contributed by atoms with Crippen LogP contribution in [0.15, 0.2) is 82.6 Å². The molecule has 4 aliphatic rings. The Balaban J connectivity index is 1.03. The lowest BCUT2D eigenvalue weighted by molar-refractivity contribution is -0.123. The molecular formula is C36H30FN3O7S2. The summed E-state index contributed by atoms with van der Waals surface area (Å²) < 4.78 is 24.0. The molecule has 49 heavy (non-hydrogen) atoms. The fraction of sp³-hybridized carbons (Fsp3) is 0.306. The largest absolute Gasteiger partial charge is 0.484 e. The molecule has 7 atom stereocenters. The van der Waals surface area contributed by atoms with E-state index in [2.05, 4.69) is 10.3 Å². The number of hydrogen-bond acceptors (Lipinski definition) is 9. The van der Waals surface area contributed by atoms with Gasteiger partial charge in [-0.15, -0.1) is 11.8 Å². The van der Waals surface area contributed by atoms with Crippen molar-refractivity contribution < 1.29 is 33.0 Å². The highest BCUT2D eigenvalue weighted by atomic mass is 32.2. The molecule has 250 valence electrons. The van der Waals surface area contributed by atoms with Crippen LogP contribution in [0, 0.1) is 35.4 Å². The molecule has 2 aliphatic carbocycles. The summed E-state index contributed by atoms with van der Waals surface area (Å²) >= 11 is 2.80. The lowest BCUT2D eigenvalue weighted by atomic mass is 9.68. The predicted octanol–water partition coefficient (Wildman–Crippen LogP) is 5.45. The number of halogens is 1. The van der Waals surface area contributed by atoms with E-state index in [0.717, 1.165) is 21.9 Å². The number of carbonyl (C=O) groups is 4. The molecule has 2 aliphatic heterocycles. The van der Waals surface area contributed by atoms with Crippen molar-refractivity contribution >= 4 is 58.2 Å². The molecule has 2 bridgehead atoms. The van der Waals surface area contributed by atoms with E-state index in [9.17, 15) is 28.4 Å². The Hall–Kier alpha value is -4.75. The fourth-order valence-corrected chi connectivity index (χ4v) is 11.1. The number of benzene rings is 3. The second-order valence-electron chi connectivity index (χ2n) is 12.7. The van der Waals surface area contributed by atoms with Crippen molar-refractivity contribution in [3.63, 3.8) is 0 Å². The number of thioether (sulfide) groups is 1. The first-order chi connectivity index (χ1) is 23.7. The second-order valence-corrected chi connectivity index (χ2v) is 14.9. The third-order valence-electron chi connectivity index (χ3n) is 10.1. The summed E-state index contributed by atoms with van der Waals surface area (Å²) in [6.45, 7) is 1.73. The topological polar surface area (TPSA) is 135 Å². The van der Waals surface area contributed by atoms with E-state index in [1.165, 1.54) is 40.5 Å². The van der Waals surface area contributed by atoms with E-state index in [4.69, 9.17) is 9.47 Å². The molecule has 8 rings (SSSR count). The average Bonchev–Trinajstić information content (AvgIpc) is 3.84. The van der Waals surface area contributed by atoms with Crippen LogP contribution in [0.25, 0.3) is 0 Å². The number of imide groups is 1. The Kier molecular flexibility index (Phi) is 7.91. The van der Waals surface area contributed by atoms with Gasteiger partial charge < -0.3 is 19.8 Å². The maximum Gasteiger partial charge on any atom is 0.338 e. The van der Waals surface area contributed by atoms with E-state index in [0.29, 0.717) is 22.7 Å². The number of nitrogens with zero attached hydrogens (tertiary/aromatic N) is 1. The Bertz CT molecular complexity index is 2030. The van der Waals surface area contributed by atoms with Gasteiger partial charge in [0, 0.05) is 21.7 Å².